The van der Waals surface area contributed by atoms with Crippen molar-refractivity contribution in [1.29, 1.82) is 0 Å². The molecule has 3 unspecified atom stereocenters. The molecule has 106 valence electrons. The van der Waals surface area contributed by atoms with Gasteiger partial charge in [0.2, 0.25) is 0 Å². The summed E-state index contributed by atoms with van der Waals surface area (Å²) >= 11 is 5.94. The van der Waals surface area contributed by atoms with Gasteiger partial charge >= 0.3 is 0 Å². The maximum atomic E-state index is 6.10. The zero-order valence-electron chi connectivity index (χ0n) is 12.0. The zero-order chi connectivity index (χ0) is 13.2. The first kappa shape index (κ1) is 15.2. The predicted octanol–water partition coefficient (Wildman–Crippen LogP) is 4.88. The van der Waals surface area contributed by atoms with E-state index in [0.29, 0.717) is 10.2 Å². The van der Waals surface area contributed by atoms with Crippen LogP contribution in [0.25, 0.3) is 0 Å². The first-order chi connectivity index (χ1) is 8.41. The Kier molecular flexibility index (Phi) is 5.10. The fourth-order valence-corrected chi connectivity index (χ4v) is 4.70. The molecule has 1 nitrogen and oxygen atoms in total. The summed E-state index contributed by atoms with van der Waals surface area (Å²) in [5, 5.41) is 0. The number of ether oxygens (including phenoxy) is 1. The average Bonchev–Trinajstić information content (AvgIpc) is 2.73. The van der Waals surface area contributed by atoms with Gasteiger partial charge in [0, 0.05) is 17.2 Å². The van der Waals surface area contributed by atoms with Crippen molar-refractivity contribution >= 4 is 27.7 Å². The lowest BCUT2D eigenvalue weighted by Gasteiger charge is -2.38. The molecule has 0 aromatic rings. The SMILES string of the molecule is CC(C)(C)C(Br)CCC1CCOC2(CCSC2)C1. The Balaban J connectivity index is 1.79. The quantitative estimate of drug-likeness (QED) is 0.680. The molecular weight excluding hydrogens is 308 g/mol. The summed E-state index contributed by atoms with van der Waals surface area (Å²) in [6.07, 6.45) is 6.53. The molecule has 2 fully saturated rings. The van der Waals surface area contributed by atoms with Crippen LogP contribution in [0.3, 0.4) is 0 Å². The molecule has 3 atom stereocenters. The van der Waals surface area contributed by atoms with Gasteiger partial charge < -0.3 is 4.74 Å². The van der Waals surface area contributed by atoms with Gasteiger partial charge in [-0.1, -0.05) is 36.7 Å². The van der Waals surface area contributed by atoms with Crippen LogP contribution < -0.4 is 0 Å². The first-order valence-corrected chi connectivity index (χ1v) is 9.34. The number of thioether (sulfide) groups is 1. The minimum atomic E-state index is 0.261. The highest BCUT2D eigenvalue weighted by atomic mass is 79.9. The number of halogens is 1. The van der Waals surface area contributed by atoms with Crippen LogP contribution in [0, 0.1) is 11.3 Å². The second-order valence-electron chi connectivity index (χ2n) is 7.10. The van der Waals surface area contributed by atoms with E-state index in [9.17, 15) is 0 Å². The fourth-order valence-electron chi connectivity index (χ4n) is 3.05. The minimum Gasteiger partial charge on any atom is -0.374 e. The van der Waals surface area contributed by atoms with Crippen molar-refractivity contribution in [2.75, 3.05) is 18.1 Å². The Labute approximate surface area is 125 Å². The van der Waals surface area contributed by atoms with Gasteiger partial charge in [-0.25, -0.2) is 0 Å². The molecule has 2 rings (SSSR count). The van der Waals surface area contributed by atoms with Gasteiger partial charge in [-0.3, -0.25) is 0 Å². The van der Waals surface area contributed by atoms with Crippen molar-refractivity contribution in [2.45, 2.75) is 63.3 Å². The van der Waals surface area contributed by atoms with Crippen LogP contribution in [0.4, 0.5) is 0 Å². The van der Waals surface area contributed by atoms with E-state index in [2.05, 4.69) is 48.5 Å². The lowest BCUT2D eigenvalue weighted by molar-refractivity contribution is -0.0808. The predicted molar refractivity (Wildman–Crippen MR) is 84.8 cm³/mol. The standard InChI is InChI=1S/C15H27BrOS/c1-14(2,3)13(16)5-4-12-6-8-17-15(10-12)7-9-18-11-15/h12-13H,4-11H2,1-3H3. The minimum absolute atomic E-state index is 0.261. The van der Waals surface area contributed by atoms with Gasteiger partial charge in [-0.2, -0.15) is 11.8 Å². The summed E-state index contributed by atoms with van der Waals surface area (Å²) in [6.45, 7) is 7.97. The fraction of sp³-hybridized carbons (Fsp3) is 1.00. The summed E-state index contributed by atoms with van der Waals surface area (Å²) in [6, 6.07) is 0. The Morgan fingerprint density at radius 2 is 2.22 bits per heavy atom. The van der Waals surface area contributed by atoms with E-state index in [1.54, 1.807) is 0 Å². The van der Waals surface area contributed by atoms with Crippen LogP contribution >= 0.6 is 27.7 Å². The number of hydrogen-bond acceptors (Lipinski definition) is 2. The van der Waals surface area contributed by atoms with E-state index < -0.39 is 0 Å². The second kappa shape index (κ2) is 6.05. The summed E-state index contributed by atoms with van der Waals surface area (Å²) in [4.78, 5) is 0.641. The highest BCUT2D eigenvalue weighted by Gasteiger charge is 2.40. The van der Waals surface area contributed by atoms with Crippen LogP contribution in [0.2, 0.25) is 0 Å². The van der Waals surface area contributed by atoms with Crippen molar-refractivity contribution in [3.8, 4) is 0 Å². The van der Waals surface area contributed by atoms with Gasteiger partial charge in [-0.15, -0.1) is 0 Å². The molecule has 2 saturated heterocycles. The topological polar surface area (TPSA) is 9.23 Å². The van der Waals surface area contributed by atoms with E-state index in [4.69, 9.17) is 4.74 Å². The average molecular weight is 335 g/mol. The maximum Gasteiger partial charge on any atom is 0.0783 e. The van der Waals surface area contributed by atoms with Gasteiger partial charge in [0.05, 0.1) is 5.60 Å². The van der Waals surface area contributed by atoms with Crippen LogP contribution in [0.5, 0.6) is 0 Å². The molecule has 0 aliphatic carbocycles. The van der Waals surface area contributed by atoms with Gasteiger partial charge in [0.25, 0.3) is 0 Å². The molecule has 18 heavy (non-hydrogen) atoms. The summed E-state index contributed by atoms with van der Waals surface area (Å²) in [5.41, 5.74) is 0.642. The molecule has 0 N–H and O–H groups in total. The van der Waals surface area contributed by atoms with Crippen LogP contribution in [0.15, 0.2) is 0 Å². The van der Waals surface area contributed by atoms with Crippen molar-refractivity contribution in [1.82, 2.24) is 0 Å². The van der Waals surface area contributed by atoms with E-state index in [0.717, 1.165) is 12.5 Å². The Bertz CT molecular complexity index is 268. The molecule has 3 heteroatoms. The molecule has 0 aromatic carbocycles. The van der Waals surface area contributed by atoms with E-state index in [1.807, 2.05) is 0 Å². The van der Waals surface area contributed by atoms with Crippen LogP contribution in [-0.4, -0.2) is 28.5 Å². The molecule has 2 heterocycles. The summed E-state index contributed by atoms with van der Waals surface area (Å²) < 4.78 is 6.10. The van der Waals surface area contributed by atoms with E-state index >= 15 is 0 Å². The van der Waals surface area contributed by atoms with E-state index in [-0.39, 0.29) is 5.60 Å². The molecule has 2 aliphatic heterocycles. The van der Waals surface area contributed by atoms with Gasteiger partial charge in [-0.05, 0) is 49.2 Å². The summed E-state index contributed by atoms with van der Waals surface area (Å²) in [7, 11) is 0. The lowest BCUT2D eigenvalue weighted by atomic mass is 9.81. The monoisotopic (exact) mass is 334 g/mol. The number of hydrogen-bond donors (Lipinski definition) is 0. The first-order valence-electron chi connectivity index (χ1n) is 7.27. The van der Waals surface area contributed by atoms with Crippen molar-refractivity contribution in [3.63, 3.8) is 0 Å². The van der Waals surface area contributed by atoms with Crippen LogP contribution in [0.1, 0.15) is 52.9 Å². The molecule has 0 amide bonds. The van der Waals surface area contributed by atoms with Gasteiger partial charge in [0.15, 0.2) is 0 Å². The molecule has 0 radical (unpaired) electrons. The molecule has 2 aliphatic rings. The number of rotatable bonds is 3. The molecule has 0 aromatic heterocycles. The third-order valence-corrected chi connectivity index (χ3v) is 7.48. The normalized spacial score (nSPS) is 35.0. The van der Waals surface area contributed by atoms with Crippen LogP contribution in [-0.2, 0) is 4.74 Å². The Morgan fingerprint density at radius 3 is 2.83 bits per heavy atom. The lowest BCUT2D eigenvalue weighted by Crippen LogP contribution is -2.40. The zero-order valence-corrected chi connectivity index (χ0v) is 14.4. The molecular formula is C15H27BrOS. The largest absolute Gasteiger partial charge is 0.374 e. The highest BCUT2D eigenvalue weighted by Crippen LogP contribution is 2.42. The molecule has 0 bridgehead atoms. The van der Waals surface area contributed by atoms with Crippen molar-refractivity contribution in [2.24, 2.45) is 11.3 Å². The van der Waals surface area contributed by atoms with Crippen molar-refractivity contribution < 1.29 is 4.74 Å². The summed E-state index contributed by atoms with van der Waals surface area (Å²) in [5.74, 6) is 3.43. The Hall–Kier alpha value is 0.790. The highest BCUT2D eigenvalue weighted by molar-refractivity contribution is 9.09. The smallest absolute Gasteiger partial charge is 0.0783 e. The second-order valence-corrected chi connectivity index (χ2v) is 9.31. The number of alkyl halides is 1. The van der Waals surface area contributed by atoms with Gasteiger partial charge in [0.1, 0.15) is 0 Å². The van der Waals surface area contributed by atoms with E-state index in [1.165, 1.54) is 43.6 Å². The molecule has 1 spiro atoms. The van der Waals surface area contributed by atoms with Crippen molar-refractivity contribution in [3.05, 3.63) is 0 Å². The molecule has 0 saturated carbocycles. The Morgan fingerprint density at radius 1 is 1.44 bits per heavy atom. The third-order valence-electron chi connectivity index (χ3n) is 4.43. The maximum absolute atomic E-state index is 6.10. The third kappa shape index (κ3) is 3.89.